The van der Waals surface area contributed by atoms with Gasteiger partial charge in [-0.3, -0.25) is 0 Å². The first kappa shape index (κ1) is 11.0. The third-order valence-electron chi connectivity index (χ3n) is 1.65. The molecule has 0 aliphatic carbocycles. The molecule has 1 rings (SSSR count). The summed E-state index contributed by atoms with van der Waals surface area (Å²) < 4.78 is 1.10. The van der Waals surface area contributed by atoms with E-state index in [0.717, 1.165) is 11.0 Å². The molecule has 1 aromatic rings. The number of hydrogen-bond donors (Lipinski definition) is 1. The Morgan fingerprint density at radius 2 is 2.31 bits per heavy atom. The molecule has 0 heterocycles. The summed E-state index contributed by atoms with van der Waals surface area (Å²) >= 11 is 5.18. The van der Waals surface area contributed by atoms with E-state index >= 15 is 0 Å². The van der Waals surface area contributed by atoms with Gasteiger partial charge in [0.05, 0.1) is 7.11 Å². The molecule has 4 heteroatoms. The maximum atomic E-state index is 4.81. The number of halogens is 1. The molecular weight excluding hydrogens is 250 g/mol. The normalized spacial score (nSPS) is 10.4. The van der Waals surface area contributed by atoms with Crippen LogP contribution in [0.5, 0.6) is 0 Å². The molecule has 1 aromatic carbocycles. The van der Waals surface area contributed by atoms with Gasteiger partial charge in [-0.2, -0.15) is 5.48 Å². The van der Waals surface area contributed by atoms with Gasteiger partial charge < -0.3 is 4.84 Å². The minimum Gasteiger partial charge on any atom is -0.305 e. The number of benzene rings is 1. The predicted octanol–water partition coefficient (Wildman–Crippen LogP) is 2.82. The molecular formula is C9H12BrNOS. The predicted molar refractivity (Wildman–Crippen MR) is 59.8 cm³/mol. The van der Waals surface area contributed by atoms with Crippen molar-refractivity contribution in [3.8, 4) is 0 Å². The van der Waals surface area contributed by atoms with E-state index in [0.29, 0.717) is 0 Å². The zero-order valence-electron chi connectivity index (χ0n) is 7.63. The average molecular weight is 262 g/mol. The maximum Gasteiger partial charge on any atom is 0.0572 e. The van der Waals surface area contributed by atoms with Gasteiger partial charge in [-0.05, 0) is 30.0 Å². The van der Waals surface area contributed by atoms with Crippen LogP contribution in [-0.2, 0) is 11.4 Å². The highest BCUT2D eigenvalue weighted by Gasteiger charge is 2.01. The molecule has 0 aromatic heterocycles. The highest BCUT2D eigenvalue weighted by Crippen LogP contribution is 2.23. The molecule has 0 fully saturated rings. The topological polar surface area (TPSA) is 21.3 Å². The van der Waals surface area contributed by atoms with Crippen LogP contribution in [0.3, 0.4) is 0 Å². The molecule has 0 atom stereocenters. The number of hydroxylamine groups is 1. The largest absolute Gasteiger partial charge is 0.305 e. The summed E-state index contributed by atoms with van der Waals surface area (Å²) in [6, 6.07) is 6.24. The van der Waals surface area contributed by atoms with Crippen molar-refractivity contribution in [2.24, 2.45) is 0 Å². The van der Waals surface area contributed by atoms with Gasteiger partial charge in [0.15, 0.2) is 0 Å². The van der Waals surface area contributed by atoms with Crippen LogP contribution in [0.2, 0.25) is 0 Å². The second-order valence-electron chi connectivity index (χ2n) is 2.48. The Morgan fingerprint density at radius 1 is 1.54 bits per heavy atom. The first-order chi connectivity index (χ1) is 6.27. The van der Waals surface area contributed by atoms with E-state index in [9.17, 15) is 0 Å². The van der Waals surface area contributed by atoms with E-state index in [1.54, 1.807) is 18.9 Å². The van der Waals surface area contributed by atoms with Crippen molar-refractivity contribution < 1.29 is 4.84 Å². The maximum absolute atomic E-state index is 4.81. The second kappa shape index (κ2) is 5.65. The van der Waals surface area contributed by atoms with Gasteiger partial charge in [0.2, 0.25) is 0 Å². The highest BCUT2D eigenvalue weighted by molar-refractivity contribution is 9.10. The lowest BCUT2D eigenvalue weighted by Crippen LogP contribution is -2.11. The Balaban J connectivity index is 2.81. The van der Waals surface area contributed by atoms with Crippen molar-refractivity contribution in [2.45, 2.75) is 11.4 Å². The lowest BCUT2D eigenvalue weighted by molar-refractivity contribution is 0.0862. The summed E-state index contributed by atoms with van der Waals surface area (Å²) in [5.41, 5.74) is 4.07. The third-order valence-corrected chi connectivity index (χ3v) is 2.98. The van der Waals surface area contributed by atoms with E-state index in [4.69, 9.17) is 4.84 Å². The number of rotatable bonds is 4. The number of nitrogens with one attached hydrogen (secondary N) is 1. The Hall–Kier alpha value is -0.0300. The fourth-order valence-electron chi connectivity index (χ4n) is 1.04. The van der Waals surface area contributed by atoms with Crippen molar-refractivity contribution in [3.63, 3.8) is 0 Å². The van der Waals surface area contributed by atoms with E-state index in [1.165, 1.54) is 10.5 Å². The summed E-state index contributed by atoms with van der Waals surface area (Å²) in [4.78, 5) is 6.08. The number of thioether (sulfide) groups is 1. The minimum atomic E-state index is 0.728. The third kappa shape index (κ3) is 3.31. The van der Waals surface area contributed by atoms with Gasteiger partial charge in [0.25, 0.3) is 0 Å². The molecule has 0 radical (unpaired) electrons. The van der Waals surface area contributed by atoms with Crippen LogP contribution in [-0.4, -0.2) is 13.4 Å². The Kier molecular flexibility index (Phi) is 4.80. The molecule has 0 spiro atoms. The molecule has 0 aliphatic heterocycles. The van der Waals surface area contributed by atoms with Crippen molar-refractivity contribution in [1.82, 2.24) is 5.48 Å². The van der Waals surface area contributed by atoms with Gasteiger partial charge >= 0.3 is 0 Å². The Bertz CT molecular complexity index is 280. The van der Waals surface area contributed by atoms with Crippen LogP contribution in [0.25, 0.3) is 0 Å². The molecule has 2 nitrogen and oxygen atoms in total. The van der Waals surface area contributed by atoms with Gasteiger partial charge in [-0.1, -0.05) is 15.9 Å². The smallest absolute Gasteiger partial charge is 0.0572 e. The van der Waals surface area contributed by atoms with Gasteiger partial charge in [0.1, 0.15) is 0 Å². The monoisotopic (exact) mass is 261 g/mol. The van der Waals surface area contributed by atoms with Crippen molar-refractivity contribution in [1.29, 1.82) is 0 Å². The van der Waals surface area contributed by atoms with E-state index in [2.05, 4.69) is 39.8 Å². The van der Waals surface area contributed by atoms with Gasteiger partial charge in [0, 0.05) is 15.9 Å². The molecule has 13 heavy (non-hydrogen) atoms. The standard InChI is InChI=1S/C9H12BrNOS/c1-12-11-6-7-5-8(10)3-4-9(7)13-2/h3-5,11H,6H2,1-2H3. The molecule has 0 bridgehead atoms. The van der Waals surface area contributed by atoms with Crippen LogP contribution in [0.4, 0.5) is 0 Å². The Morgan fingerprint density at radius 3 is 2.92 bits per heavy atom. The van der Waals surface area contributed by atoms with E-state index < -0.39 is 0 Å². The summed E-state index contributed by atoms with van der Waals surface area (Å²) in [5.74, 6) is 0. The average Bonchev–Trinajstić information content (AvgIpc) is 2.15. The molecule has 0 aliphatic rings. The van der Waals surface area contributed by atoms with Gasteiger partial charge in [-0.15, -0.1) is 11.8 Å². The summed E-state index contributed by atoms with van der Waals surface area (Å²) in [5, 5.41) is 0. The van der Waals surface area contributed by atoms with Crippen LogP contribution in [0.1, 0.15) is 5.56 Å². The molecule has 0 saturated carbocycles. The van der Waals surface area contributed by atoms with Crippen LogP contribution >= 0.6 is 27.7 Å². The summed E-state index contributed by atoms with van der Waals surface area (Å²) in [6.45, 7) is 0.728. The fourth-order valence-corrected chi connectivity index (χ4v) is 2.04. The minimum absolute atomic E-state index is 0.728. The lowest BCUT2D eigenvalue weighted by Gasteiger charge is -2.07. The molecule has 0 unspecified atom stereocenters. The van der Waals surface area contributed by atoms with Crippen LogP contribution in [0.15, 0.2) is 27.6 Å². The lowest BCUT2D eigenvalue weighted by atomic mass is 10.2. The fraction of sp³-hybridized carbons (Fsp3) is 0.333. The SMILES string of the molecule is CONCc1cc(Br)ccc1SC. The molecule has 0 amide bonds. The second-order valence-corrected chi connectivity index (χ2v) is 4.25. The first-order valence-electron chi connectivity index (χ1n) is 3.86. The van der Waals surface area contributed by atoms with Crippen LogP contribution in [0, 0.1) is 0 Å². The number of hydrogen-bond acceptors (Lipinski definition) is 3. The molecule has 1 N–H and O–H groups in total. The Labute approximate surface area is 91.1 Å². The zero-order valence-corrected chi connectivity index (χ0v) is 10.0. The molecule has 72 valence electrons. The van der Waals surface area contributed by atoms with Crippen LogP contribution < -0.4 is 5.48 Å². The summed E-state index contributed by atoms with van der Waals surface area (Å²) in [6.07, 6.45) is 2.07. The highest BCUT2D eigenvalue weighted by atomic mass is 79.9. The quantitative estimate of drug-likeness (QED) is 0.666. The zero-order chi connectivity index (χ0) is 9.68. The summed E-state index contributed by atoms with van der Waals surface area (Å²) in [7, 11) is 1.62. The van der Waals surface area contributed by atoms with Crippen molar-refractivity contribution in [2.75, 3.05) is 13.4 Å². The van der Waals surface area contributed by atoms with Crippen molar-refractivity contribution in [3.05, 3.63) is 28.2 Å². The van der Waals surface area contributed by atoms with E-state index in [-0.39, 0.29) is 0 Å². The first-order valence-corrected chi connectivity index (χ1v) is 5.88. The van der Waals surface area contributed by atoms with E-state index in [1.807, 2.05) is 6.07 Å². The molecule has 0 saturated heterocycles. The van der Waals surface area contributed by atoms with Crippen molar-refractivity contribution >= 4 is 27.7 Å². The van der Waals surface area contributed by atoms with Gasteiger partial charge in [-0.25, -0.2) is 0 Å².